The van der Waals surface area contributed by atoms with E-state index in [-0.39, 0.29) is 5.91 Å². The number of nitrogens with one attached hydrogen (secondary N) is 1. The molecule has 0 aromatic heterocycles. The van der Waals surface area contributed by atoms with E-state index < -0.39 is 0 Å². The van der Waals surface area contributed by atoms with E-state index in [1.54, 1.807) is 0 Å². The number of amides is 1. The molecule has 23 heavy (non-hydrogen) atoms. The van der Waals surface area contributed by atoms with Crippen LogP contribution in [0.3, 0.4) is 0 Å². The lowest BCUT2D eigenvalue weighted by atomic mass is 10.1. The maximum atomic E-state index is 12.9. The summed E-state index contributed by atoms with van der Waals surface area (Å²) in [5.41, 5.74) is 2.59. The fourth-order valence-corrected chi connectivity index (χ4v) is 2.88. The molecule has 1 saturated heterocycles. The first-order chi connectivity index (χ1) is 11.2. The molecule has 0 saturated carbocycles. The minimum atomic E-state index is 0.110. The number of likely N-dealkylation sites (N-methyl/N-ethyl adjacent to an activating group) is 1. The Morgan fingerprint density at radius 2 is 1.65 bits per heavy atom. The van der Waals surface area contributed by atoms with Gasteiger partial charge in [-0.15, -0.1) is 0 Å². The first-order valence-electron chi connectivity index (χ1n) is 8.13. The number of hydrogen-bond acceptors (Lipinski definition) is 3. The van der Waals surface area contributed by atoms with E-state index in [1.165, 1.54) is 0 Å². The van der Waals surface area contributed by atoms with Crippen molar-refractivity contribution in [1.82, 2.24) is 9.80 Å². The summed E-state index contributed by atoms with van der Waals surface area (Å²) in [6.07, 6.45) is 1.02. The van der Waals surface area contributed by atoms with Crippen molar-refractivity contribution in [3.05, 3.63) is 60.2 Å². The van der Waals surface area contributed by atoms with Crippen molar-refractivity contribution in [3.63, 3.8) is 0 Å². The lowest BCUT2D eigenvalue weighted by molar-refractivity contribution is 0.0764. The van der Waals surface area contributed by atoms with Crippen molar-refractivity contribution < 1.29 is 4.79 Å². The van der Waals surface area contributed by atoms with Gasteiger partial charge in [0.1, 0.15) is 0 Å². The van der Waals surface area contributed by atoms with Crippen LogP contribution in [0, 0.1) is 0 Å². The molecule has 1 aliphatic rings. The Hall–Kier alpha value is -2.33. The molecule has 0 radical (unpaired) electrons. The molecule has 4 heteroatoms. The lowest BCUT2D eigenvalue weighted by Gasteiger charge is -2.22. The molecule has 0 aliphatic carbocycles. The first kappa shape index (κ1) is 15.6. The van der Waals surface area contributed by atoms with Gasteiger partial charge in [0.25, 0.3) is 5.91 Å². The molecule has 0 spiro atoms. The van der Waals surface area contributed by atoms with E-state index in [1.807, 2.05) is 59.5 Å². The van der Waals surface area contributed by atoms with Crippen LogP contribution in [0.1, 0.15) is 16.8 Å². The second-order valence-electron chi connectivity index (χ2n) is 5.99. The van der Waals surface area contributed by atoms with Crippen LogP contribution in [-0.4, -0.2) is 48.9 Å². The highest BCUT2D eigenvalue weighted by molar-refractivity contribution is 6.00. The summed E-state index contributed by atoms with van der Waals surface area (Å²) in [5, 5.41) is 3.36. The van der Waals surface area contributed by atoms with Crippen LogP contribution in [0.2, 0.25) is 0 Å². The quantitative estimate of drug-likeness (QED) is 0.945. The zero-order valence-corrected chi connectivity index (χ0v) is 13.5. The molecule has 3 rings (SSSR count). The van der Waals surface area contributed by atoms with Crippen molar-refractivity contribution >= 4 is 17.3 Å². The molecule has 0 atom stereocenters. The molecular weight excluding hydrogens is 286 g/mol. The maximum absolute atomic E-state index is 12.9. The number of anilines is 2. The highest BCUT2D eigenvalue weighted by Crippen LogP contribution is 2.22. The Morgan fingerprint density at radius 3 is 2.48 bits per heavy atom. The topological polar surface area (TPSA) is 35.6 Å². The SMILES string of the molecule is CN1CCCN(C(=O)c2ccccc2Nc2ccccc2)CC1. The third-order valence-electron chi connectivity index (χ3n) is 4.22. The highest BCUT2D eigenvalue weighted by Gasteiger charge is 2.21. The Labute approximate surface area is 137 Å². The van der Waals surface area contributed by atoms with E-state index >= 15 is 0 Å². The molecule has 2 aromatic carbocycles. The summed E-state index contributed by atoms with van der Waals surface area (Å²) in [4.78, 5) is 17.2. The van der Waals surface area contributed by atoms with Gasteiger partial charge < -0.3 is 15.1 Å². The normalized spacial score (nSPS) is 16.0. The largest absolute Gasteiger partial charge is 0.355 e. The van der Waals surface area contributed by atoms with Gasteiger partial charge in [-0.1, -0.05) is 30.3 Å². The summed E-state index contributed by atoms with van der Waals surface area (Å²) in [6.45, 7) is 3.59. The van der Waals surface area contributed by atoms with Gasteiger partial charge in [-0.05, 0) is 44.3 Å². The molecule has 1 aliphatic heterocycles. The molecule has 0 unspecified atom stereocenters. The zero-order valence-electron chi connectivity index (χ0n) is 13.5. The van der Waals surface area contributed by atoms with E-state index in [4.69, 9.17) is 0 Å². The van der Waals surface area contributed by atoms with Crippen LogP contribution < -0.4 is 5.32 Å². The number of hydrogen-bond donors (Lipinski definition) is 1. The van der Waals surface area contributed by atoms with Crippen molar-refractivity contribution in [1.29, 1.82) is 0 Å². The van der Waals surface area contributed by atoms with Crippen LogP contribution in [0.4, 0.5) is 11.4 Å². The van der Waals surface area contributed by atoms with Gasteiger partial charge in [0, 0.05) is 25.3 Å². The molecule has 1 N–H and O–H groups in total. The molecule has 1 amide bonds. The van der Waals surface area contributed by atoms with Crippen molar-refractivity contribution in [2.75, 3.05) is 38.5 Å². The smallest absolute Gasteiger partial charge is 0.256 e. The molecule has 120 valence electrons. The van der Waals surface area contributed by atoms with Gasteiger partial charge in [0.15, 0.2) is 0 Å². The van der Waals surface area contributed by atoms with Gasteiger partial charge in [-0.2, -0.15) is 0 Å². The Morgan fingerprint density at radius 1 is 0.913 bits per heavy atom. The minimum Gasteiger partial charge on any atom is -0.355 e. The molecule has 1 heterocycles. The molecule has 4 nitrogen and oxygen atoms in total. The number of carbonyl (C=O) groups excluding carboxylic acids is 1. The Kier molecular flexibility index (Phi) is 4.93. The van der Waals surface area contributed by atoms with Crippen molar-refractivity contribution in [3.8, 4) is 0 Å². The van der Waals surface area contributed by atoms with Crippen LogP contribution >= 0.6 is 0 Å². The number of carbonyl (C=O) groups is 1. The van der Waals surface area contributed by atoms with Crippen LogP contribution in [0.5, 0.6) is 0 Å². The zero-order chi connectivity index (χ0) is 16.1. The van der Waals surface area contributed by atoms with Crippen LogP contribution in [-0.2, 0) is 0 Å². The number of benzene rings is 2. The van der Waals surface area contributed by atoms with E-state index in [9.17, 15) is 4.79 Å². The van der Waals surface area contributed by atoms with Gasteiger partial charge in [-0.3, -0.25) is 4.79 Å². The summed E-state index contributed by atoms with van der Waals surface area (Å²) >= 11 is 0. The maximum Gasteiger partial charge on any atom is 0.256 e. The monoisotopic (exact) mass is 309 g/mol. The van der Waals surface area contributed by atoms with Gasteiger partial charge in [0.05, 0.1) is 11.3 Å². The van der Waals surface area contributed by atoms with Crippen LogP contribution in [0.15, 0.2) is 54.6 Å². The summed E-state index contributed by atoms with van der Waals surface area (Å²) in [6, 6.07) is 17.7. The average molecular weight is 309 g/mol. The lowest BCUT2D eigenvalue weighted by Crippen LogP contribution is -2.34. The summed E-state index contributed by atoms with van der Waals surface area (Å²) in [7, 11) is 2.11. The average Bonchev–Trinajstić information content (AvgIpc) is 2.80. The predicted octanol–water partition coefficient (Wildman–Crippen LogP) is 3.21. The number of rotatable bonds is 3. The van der Waals surface area contributed by atoms with Crippen molar-refractivity contribution in [2.45, 2.75) is 6.42 Å². The van der Waals surface area contributed by atoms with E-state index in [0.29, 0.717) is 0 Å². The Balaban J connectivity index is 1.80. The van der Waals surface area contributed by atoms with E-state index in [2.05, 4.69) is 17.3 Å². The highest BCUT2D eigenvalue weighted by atomic mass is 16.2. The second kappa shape index (κ2) is 7.29. The van der Waals surface area contributed by atoms with Crippen LogP contribution in [0.25, 0.3) is 0 Å². The summed E-state index contributed by atoms with van der Waals surface area (Å²) < 4.78 is 0. The fourth-order valence-electron chi connectivity index (χ4n) is 2.88. The molecule has 2 aromatic rings. The molecule has 0 bridgehead atoms. The van der Waals surface area contributed by atoms with Gasteiger partial charge >= 0.3 is 0 Å². The minimum absolute atomic E-state index is 0.110. The summed E-state index contributed by atoms with van der Waals surface area (Å²) in [5.74, 6) is 0.110. The first-order valence-corrected chi connectivity index (χ1v) is 8.13. The molecular formula is C19H23N3O. The van der Waals surface area contributed by atoms with E-state index in [0.717, 1.165) is 49.5 Å². The third-order valence-corrected chi connectivity index (χ3v) is 4.22. The fraction of sp³-hybridized carbons (Fsp3) is 0.316. The third kappa shape index (κ3) is 3.90. The second-order valence-corrected chi connectivity index (χ2v) is 5.99. The predicted molar refractivity (Wildman–Crippen MR) is 94.2 cm³/mol. The number of para-hydroxylation sites is 2. The number of nitrogens with zero attached hydrogens (tertiary/aromatic N) is 2. The van der Waals surface area contributed by atoms with Gasteiger partial charge in [0.2, 0.25) is 0 Å². The van der Waals surface area contributed by atoms with Gasteiger partial charge in [-0.25, -0.2) is 0 Å². The standard InChI is InChI=1S/C19H23N3O/c1-21-12-7-13-22(15-14-21)19(23)17-10-5-6-11-18(17)20-16-8-3-2-4-9-16/h2-6,8-11,20H,7,12-15H2,1H3. The van der Waals surface area contributed by atoms with Crippen molar-refractivity contribution in [2.24, 2.45) is 0 Å². The Bertz CT molecular complexity index is 657. The molecule has 1 fully saturated rings.